The van der Waals surface area contributed by atoms with Crippen molar-refractivity contribution in [2.24, 2.45) is 0 Å². The molecule has 0 bridgehead atoms. The maximum absolute atomic E-state index is 12.7. The van der Waals surface area contributed by atoms with Gasteiger partial charge in [-0.05, 0) is 53.6 Å². The Morgan fingerprint density at radius 3 is 2.47 bits per heavy atom. The molecular formula is C23H18ClNO4S. The van der Waals surface area contributed by atoms with E-state index >= 15 is 0 Å². The van der Waals surface area contributed by atoms with Crippen LogP contribution < -0.4 is 9.47 Å². The van der Waals surface area contributed by atoms with Gasteiger partial charge in [0.25, 0.3) is 0 Å². The molecule has 0 unspecified atom stereocenters. The zero-order valence-electron chi connectivity index (χ0n) is 16.1. The van der Waals surface area contributed by atoms with Gasteiger partial charge < -0.3 is 9.47 Å². The van der Waals surface area contributed by atoms with E-state index in [0.29, 0.717) is 22.1 Å². The first-order valence-corrected chi connectivity index (χ1v) is 10.8. The zero-order valence-corrected chi connectivity index (χ0v) is 17.7. The summed E-state index contributed by atoms with van der Waals surface area (Å²) in [7, 11) is -2.43. The van der Waals surface area contributed by atoms with Crippen LogP contribution in [0.5, 0.6) is 11.5 Å². The van der Waals surface area contributed by atoms with Crippen LogP contribution in [0.3, 0.4) is 0 Å². The molecule has 0 spiro atoms. The van der Waals surface area contributed by atoms with E-state index in [4.69, 9.17) is 21.1 Å². The zero-order chi connectivity index (χ0) is 21.6. The van der Waals surface area contributed by atoms with E-state index in [2.05, 4.69) is 0 Å². The van der Waals surface area contributed by atoms with E-state index in [0.717, 1.165) is 5.56 Å². The molecule has 3 rings (SSSR count). The standard InChI is InChI=1S/C23H18ClNO4S/c1-28-23-14-17(10-11-22(23)29-16-18-6-5-7-19(24)12-18)13-21(15-25)30(26,27)20-8-3-2-4-9-20/h2-14H,16H2,1H3/b21-13+. The highest BCUT2D eigenvalue weighted by Crippen LogP contribution is 2.31. The second-order valence-electron chi connectivity index (χ2n) is 6.27. The number of hydrogen-bond donors (Lipinski definition) is 0. The molecule has 0 aromatic heterocycles. The lowest BCUT2D eigenvalue weighted by atomic mass is 10.2. The van der Waals surface area contributed by atoms with Gasteiger partial charge in [0, 0.05) is 5.02 Å². The number of hydrogen-bond acceptors (Lipinski definition) is 5. The van der Waals surface area contributed by atoms with Crippen LogP contribution in [0.25, 0.3) is 6.08 Å². The van der Waals surface area contributed by atoms with Gasteiger partial charge in [-0.15, -0.1) is 0 Å². The third-order valence-electron chi connectivity index (χ3n) is 4.22. The summed E-state index contributed by atoms with van der Waals surface area (Å²) in [4.78, 5) is -0.297. The minimum atomic E-state index is -3.91. The Kier molecular flexibility index (Phi) is 6.78. The van der Waals surface area contributed by atoms with Crippen molar-refractivity contribution in [2.45, 2.75) is 11.5 Å². The fourth-order valence-corrected chi connectivity index (χ4v) is 4.12. The fraction of sp³-hybridized carbons (Fsp3) is 0.0870. The van der Waals surface area contributed by atoms with Crippen LogP contribution >= 0.6 is 11.6 Å². The average molecular weight is 440 g/mol. The molecule has 7 heteroatoms. The highest BCUT2D eigenvalue weighted by atomic mass is 35.5. The molecule has 0 N–H and O–H groups in total. The summed E-state index contributed by atoms with van der Waals surface area (Å²) in [6.45, 7) is 0.290. The Labute approximate surface area is 180 Å². The van der Waals surface area contributed by atoms with Crippen LogP contribution in [0.1, 0.15) is 11.1 Å². The van der Waals surface area contributed by atoms with E-state index in [1.54, 1.807) is 54.6 Å². The molecule has 3 aromatic rings. The van der Waals surface area contributed by atoms with Gasteiger partial charge in [0.05, 0.1) is 12.0 Å². The first kappa shape index (κ1) is 21.4. The Hall–Kier alpha value is -3.27. The second-order valence-corrected chi connectivity index (χ2v) is 8.62. The number of nitriles is 1. The van der Waals surface area contributed by atoms with Crippen molar-refractivity contribution in [2.75, 3.05) is 7.11 Å². The third-order valence-corrected chi connectivity index (χ3v) is 6.14. The number of halogens is 1. The number of methoxy groups -OCH3 is 1. The van der Waals surface area contributed by atoms with E-state index in [-0.39, 0.29) is 16.4 Å². The Morgan fingerprint density at radius 1 is 1.03 bits per heavy atom. The lowest BCUT2D eigenvalue weighted by Gasteiger charge is -2.12. The highest BCUT2D eigenvalue weighted by Gasteiger charge is 2.20. The molecule has 0 aliphatic rings. The topological polar surface area (TPSA) is 76.4 Å². The van der Waals surface area contributed by atoms with Gasteiger partial charge in [-0.3, -0.25) is 0 Å². The number of allylic oxidation sites excluding steroid dienone is 1. The van der Waals surface area contributed by atoms with Crippen LogP contribution in [-0.2, 0) is 16.4 Å². The third kappa shape index (κ3) is 5.01. The van der Waals surface area contributed by atoms with Gasteiger partial charge in [0.15, 0.2) is 11.5 Å². The van der Waals surface area contributed by atoms with E-state index in [9.17, 15) is 13.7 Å². The number of sulfone groups is 1. The van der Waals surface area contributed by atoms with Crippen LogP contribution in [0.4, 0.5) is 0 Å². The molecule has 0 amide bonds. The van der Waals surface area contributed by atoms with Crippen LogP contribution in [-0.4, -0.2) is 15.5 Å². The van der Waals surface area contributed by atoms with E-state index in [1.165, 1.54) is 25.3 Å². The largest absolute Gasteiger partial charge is 0.493 e. The number of ether oxygens (including phenoxy) is 2. The first-order chi connectivity index (χ1) is 14.4. The molecule has 0 atom stereocenters. The van der Waals surface area contributed by atoms with Crippen molar-refractivity contribution < 1.29 is 17.9 Å². The molecule has 0 aliphatic carbocycles. The summed E-state index contributed by atoms with van der Waals surface area (Å²) in [5.41, 5.74) is 1.40. The van der Waals surface area contributed by atoms with E-state index < -0.39 is 9.84 Å². The minimum absolute atomic E-state index is 0.0613. The average Bonchev–Trinajstić information content (AvgIpc) is 2.76. The maximum atomic E-state index is 12.7. The van der Waals surface area contributed by atoms with Crippen LogP contribution in [0.2, 0.25) is 5.02 Å². The minimum Gasteiger partial charge on any atom is -0.493 e. The Bertz CT molecular complexity index is 1220. The predicted molar refractivity (Wildman–Crippen MR) is 116 cm³/mol. The molecule has 0 heterocycles. The molecule has 0 saturated carbocycles. The summed E-state index contributed by atoms with van der Waals surface area (Å²) >= 11 is 5.99. The summed E-state index contributed by atoms with van der Waals surface area (Å²) < 4.78 is 36.6. The van der Waals surface area contributed by atoms with Gasteiger partial charge in [0.2, 0.25) is 9.84 Å². The monoisotopic (exact) mass is 439 g/mol. The van der Waals surface area contributed by atoms with Crippen molar-refractivity contribution in [3.8, 4) is 17.6 Å². The number of rotatable bonds is 7. The van der Waals surface area contributed by atoms with Crippen LogP contribution in [0, 0.1) is 11.3 Å². The smallest absolute Gasteiger partial charge is 0.216 e. The molecule has 5 nitrogen and oxygen atoms in total. The summed E-state index contributed by atoms with van der Waals surface area (Å²) in [6.07, 6.45) is 1.31. The van der Waals surface area contributed by atoms with Gasteiger partial charge >= 0.3 is 0 Å². The first-order valence-electron chi connectivity index (χ1n) is 8.91. The van der Waals surface area contributed by atoms with Crippen molar-refractivity contribution in [3.05, 3.63) is 93.9 Å². The van der Waals surface area contributed by atoms with E-state index in [1.807, 2.05) is 12.1 Å². The summed E-state index contributed by atoms with van der Waals surface area (Å²) in [6, 6.07) is 21.9. The number of benzene rings is 3. The fourth-order valence-electron chi connectivity index (χ4n) is 2.73. The van der Waals surface area contributed by atoms with Gasteiger partial charge in [0.1, 0.15) is 17.6 Å². The lowest BCUT2D eigenvalue weighted by molar-refractivity contribution is 0.284. The van der Waals surface area contributed by atoms with Crippen LogP contribution in [0.15, 0.2) is 82.6 Å². The second kappa shape index (κ2) is 9.49. The lowest BCUT2D eigenvalue weighted by Crippen LogP contribution is -2.03. The molecule has 0 saturated heterocycles. The molecule has 0 aliphatic heterocycles. The Balaban J connectivity index is 1.87. The van der Waals surface area contributed by atoms with Crippen molar-refractivity contribution >= 4 is 27.5 Å². The molecule has 152 valence electrons. The quantitative estimate of drug-likeness (QED) is 0.469. The molecule has 0 radical (unpaired) electrons. The van der Waals surface area contributed by atoms with Crippen molar-refractivity contribution in [3.63, 3.8) is 0 Å². The molecular weight excluding hydrogens is 422 g/mol. The molecule has 0 fully saturated rings. The van der Waals surface area contributed by atoms with Gasteiger partial charge in [-0.25, -0.2) is 8.42 Å². The molecule has 30 heavy (non-hydrogen) atoms. The van der Waals surface area contributed by atoms with Crippen molar-refractivity contribution in [1.29, 1.82) is 5.26 Å². The molecule has 3 aromatic carbocycles. The van der Waals surface area contributed by atoms with Crippen molar-refractivity contribution in [1.82, 2.24) is 0 Å². The SMILES string of the molecule is COc1cc(/C=C(\C#N)S(=O)(=O)c2ccccc2)ccc1OCc1cccc(Cl)c1. The normalized spacial score (nSPS) is 11.6. The highest BCUT2D eigenvalue weighted by molar-refractivity contribution is 7.95. The van der Waals surface area contributed by atoms with Gasteiger partial charge in [-0.1, -0.05) is 48.0 Å². The van der Waals surface area contributed by atoms with Gasteiger partial charge in [-0.2, -0.15) is 5.26 Å². The Morgan fingerprint density at radius 2 is 1.80 bits per heavy atom. The summed E-state index contributed by atoms with van der Waals surface area (Å²) in [5.74, 6) is 0.902. The predicted octanol–water partition coefficient (Wildman–Crippen LogP) is 5.27. The number of nitrogens with zero attached hydrogens (tertiary/aromatic N) is 1. The summed E-state index contributed by atoms with van der Waals surface area (Å²) in [5, 5.41) is 10.1. The maximum Gasteiger partial charge on any atom is 0.216 e.